The van der Waals surface area contributed by atoms with Crippen molar-refractivity contribution in [3.8, 4) is 11.3 Å². The fourth-order valence-corrected chi connectivity index (χ4v) is 5.26. The third-order valence-corrected chi connectivity index (χ3v) is 7.54. The molecule has 4 heterocycles. The van der Waals surface area contributed by atoms with Crippen LogP contribution in [-0.4, -0.2) is 64.0 Å². The molecule has 3 aromatic rings. The quantitative estimate of drug-likeness (QED) is 0.456. The standard InChI is InChI=1S/C30H38FN5O4/c1-30(2,3)40-29(38)35-14-10-20(11-15-35)18-32-26-28(37)36(19-21-12-16-39-17-13-21)27-25(33-26)9-8-24(34-27)22-4-6-23(31)7-5-22/h4-9,20-21H,10-19H2,1-3H3,(H,32,33). The molecule has 214 valence electrons. The van der Waals surface area contributed by atoms with E-state index < -0.39 is 5.60 Å². The maximum Gasteiger partial charge on any atom is 0.410 e. The molecule has 0 atom stereocenters. The minimum atomic E-state index is -0.517. The number of rotatable bonds is 6. The zero-order chi connectivity index (χ0) is 28.3. The second kappa shape index (κ2) is 11.9. The Labute approximate surface area is 233 Å². The van der Waals surface area contributed by atoms with Crippen molar-refractivity contribution in [3.05, 3.63) is 52.6 Å². The van der Waals surface area contributed by atoms with Crippen molar-refractivity contribution >= 4 is 23.1 Å². The molecule has 2 saturated heterocycles. The molecule has 0 saturated carbocycles. The minimum absolute atomic E-state index is 0.200. The minimum Gasteiger partial charge on any atom is -0.444 e. The molecule has 1 N–H and O–H groups in total. The first-order chi connectivity index (χ1) is 19.2. The van der Waals surface area contributed by atoms with Gasteiger partial charge >= 0.3 is 6.09 Å². The molecular weight excluding hydrogens is 513 g/mol. The molecule has 1 aromatic carbocycles. The van der Waals surface area contributed by atoms with Crippen molar-refractivity contribution in [1.29, 1.82) is 0 Å². The predicted molar refractivity (Wildman–Crippen MR) is 152 cm³/mol. The molecule has 0 bridgehead atoms. The molecule has 2 aliphatic heterocycles. The average Bonchev–Trinajstić information content (AvgIpc) is 2.94. The smallest absolute Gasteiger partial charge is 0.410 e. The summed E-state index contributed by atoms with van der Waals surface area (Å²) >= 11 is 0. The Balaban J connectivity index is 1.35. The van der Waals surface area contributed by atoms with Crippen LogP contribution in [0.5, 0.6) is 0 Å². The molecule has 2 aliphatic rings. The van der Waals surface area contributed by atoms with Crippen LogP contribution < -0.4 is 10.9 Å². The number of nitrogens with one attached hydrogen (secondary N) is 1. The van der Waals surface area contributed by atoms with E-state index in [2.05, 4.69) is 10.3 Å². The van der Waals surface area contributed by atoms with Crippen molar-refractivity contribution in [2.75, 3.05) is 38.2 Å². The highest BCUT2D eigenvalue weighted by Crippen LogP contribution is 2.24. The molecular formula is C30H38FN5O4. The molecule has 0 spiro atoms. The van der Waals surface area contributed by atoms with Gasteiger partial charge in [0.25, 0.3) is 5.56 Å². The third-order valence-electron chi connectivity index (χ3n) is 7.54. The van der Waals surface area contributed by atoms with Crippen LogP contribution in [0.3, 0.4) is 0 Å². The Bertz CT molecular complexity index is 1390. The van der Waals surface area contributed by atoms with E-state index in [4.69, 9.17) is 14.5 Å². The second-order valence-electron chi connectivity index (χ2n) is 11.8. The van der Waals surface area contributed by atoms with Gasteiger partial charge < -0.3 is 19.7 Å². The predicted octanol–water partition coefficient (Wildman–Crippen LogP) is 5.08. The summed E-state index contributed by atoms with van der Waals surface area (Å²) in [6, 6.07) is 9.89. The van der Waals surface area contributed by atoms with E-state index in [0.717, 1.165) is 31.2 Å². The highest BCUT2D eigenvalue weighted by molar-refractivity contribution is 5.76. The number of ether oxygens (including phenoxy) is 2. The fraction of sp³-hybridized carbons (Fsp3) is 0.533. The number of carbonyl (C=O) groups is 1. The van der Waals surface area contributed by atoms with E-state index in [1.807, 2.05) is 32.9 Å². The molecule has 2 aromatic heterocycles. The van der Waals surface area contributed by atoms with Crippen LogP contribution >= 0.6 is 0 Å². The maximum atomic E-state index is 13.7. The van der Waals surface area contributed by atoms with Gasteiger partial charge in [-0.2, -0.15) is 0 Å². The maximum absolute atomic E-state index is 13.7. The zero-order valence-electron chi connectivity index (χ0n) is 23.5. The van der Waals surface area contributed by atoms with E-state index in [9.17, 15) is 14.0 Å². The topological polar surface area (TPSA) is 98.6 Å². The number of pyridine rings is 1. The number of carbonyl (C=O) groups excluding carboxylic acids is 1. The van der Waals surface area contributed by atoms with E-state index in [-0.39, 0.29) is 17.5 Å². The number of likely N-dealkylation sites (tertiary alicyclic amines) is 1. The van der Waals surface area contributed by atoms with E-state index >= 15 is 0 Å². The number of fused-ring (bicyclic) bond motifs is 1. The number of hydrogen-bond acceptors (Lipinski definition) is 7. The summed E-state index contributed by atoms with van der Waals surface area (Å²) in [7, 11) is 0. The van der Waals surface area contributed by atoms with Crippen LogP contribution in [0.4, 0.5) is 15.0 Å². The lowest BCUT2D eigenvalue weighted by Crippen LogP contribution is -2.42. The summed E-state index contributed by atoms with van der Waals surface area (Å²) in [5, 5.41) is 3.31. The molecule has 1 amide bonds. The second-order valence-corrected chi connectivity index (χ2v) is 11.8. The molecule has 2 fully saturated rings. The molecule has 0 radical (unpaired) electrons. The number of anilines is 1. The van der Waals surface area contributed by atoms with Gasteiger partial charge in [-0.25, -0.2) is 19.2 Å². The summed E-state index contributed by atoms with van der Waals surface area (Å²) in [5.74, 6) is 0.608. The van der Waals surface area contributed by atoms with Crippen molar-refractivity contribution in [2.45, 2.75) is 58.6 Å². The molecule has 40 heavy (non-hydrogen) atoms. The molecule has 0 aliphatic carbocycles. The van der Waals surface area contributed by atoms with Crippen molar-refractivity contribution < 1.29 is 18.7 Å². The van der Waals surface area contributed by atoms with Gasteiger partial charge in [-0.1, -0.05) is 0 Å². The van der Waals surface area contributed by atoms with Crippen LogP contribution in [0.25, 0.3) is 22.4 Å². The number of nitrogens with zero attached hydrogens (tertiary/aromatic N) is 4. The Morgan fingerprint density at radius 3 is 2.40 bits per heavy atom. The molecule has 10 heteroatoms. The van der Waals surface area contributed by atoms with Gasteiger partial charge in [0.2, 0.25) is 0 Å². The van der Waals surface area contributed by atoms with Gasteiger partial charge in [-0.3, -0.25) is 9.36 Å². The average molecular weight is 552 g/mol. The van der Waals surface area contributed by atoms with Gasteiger partial charge in [-0.05, 0) is 94.7 Å². The largest absolute Gasteiger partial charge is 0.444 e. The van der Waals surface area contributed by atoms with E-state index in [0.29, 0.717) is 73.9 Å². The van der Waals surface area contributed by atoms with Crippen LogP contribution in [0.1, 0.15) is 46.5 Å². The molecule has 5 rings (SSSR count). The zero-order valence-corrected chi connectivity index (χ0v) is 23.5. The van der Waals surface area contributed by atoms with Gasteiger partial charge in [-0.15, -0.1) is 0 Å². The van der Waals surface area contributed by atoms with Gasteiger partial charge in [0.15, 0.2) is 11.5 Å². The lowest BCUT2D eigenvalue weighted by atomic mass is 9.97. The lowest BCUT2D eigenvalue weighted by Gasteiger charge is -2.33. The number of aromatic nitrogens is 3. The lowest BCUT2D eigenvalue weighted by molar-refractivity contribution is 0.0188. The summed E-state index contributed by atoms with van der Waals surface area (Å²) in [5.41, 5.74) is 1.86. The Morgan fingerprint density at radius 2 is 1.73 bits per heavy atom. The third kappa shape index (κ3) is 6.78. The number of hydrogen-bond donors (Lipinski definition) is 1. The fourth-order valence-electron chi connectivity index (χ4n) is 5.26. The summed E-state index contributed by atoms with van der Waals surface area (Å²) in [6.07, 6.45) is 3.12. The summed E-state index contributed by atoms with van der Waals surface area (Å²) in [4.78, 5) is 37.4. The number of amides is 1. The number of piperidine rings is 1. The van der Waals surface area contributed by atoms with Crippen molar-refractivity contribution in [3.63, 3.8) is 0 Å². The first-order valence-electron chi connectivity index (χ1n) is 14.1. The molecule has 0 unspecified atom stereocenters. The highest BCUT2D eigenvalue weighted by Gasteiger charge is 2.27. The monoisotopic (exact) mass is 551 g/mol. The van der Waals surface area contributed by atoms with Crippen LogP contribution in [0.2, 0.25) is 0 Å². The van der Waals surface area contributed by atoms with E-state index in [1.54, 1.807) is 21.6 Å². The Hall–Kier alpha value is -3.53. The Morgan fingerprint density at radius 1 is 1.02 bits per heavy atom. The van der Waals surface area contributed by atoms with Crippen LogP contribution in [-0.2, 0) is 16.0 Å². The number of benzene rings is 1. The van der Waals surface area contributed by atoms with Crippen molar-refractivity contribution in [2.24, 2.45) is 11.8 Å². The molecule has 9 nitrogen and oxygen atoms in total. The first kappa shape index (κ1) is 28.0. The van der Waals surface area contributed by atoms with Crippen LogP contribution in [0, 0.1) is 17.7 Å². The normalized spacial score (nSPS) is 17.2. The van der Waals surface area contributed by atoms with Crippen LogP contribution in [0.15, 0.2) is 41.2 Å². The first-order valence-corrected chi connectivity index (χ1v) is 14.1. The Kier molecular flexibility index (Phi) is 8.35. The summed E-state index contributed by atoms with van der Waals surface area (Å²) in [6.45, 7) is 9.34. The van der Waals surface area contributed by atoms with E-state index in [1.165, 1.54) is 12.1 Å². The van der Waals surface area contributed by atoms with Gasteiger partial charge in [0.05, 0.1) is 5.69 Å². The van der Waals surface area contributed by atoms with Crippen molar-refractivity contribution in [1.82, 2.24) is 19.4 Å². The summed E-state index contributed by atoms with van der Waals surface area (Å²) < 4.78 is 26.2. The highest BCUT2D eigenvalue weighted by atomic mass is 19.1. The number of halogens is 1. The SMILES string of the molecule is CC(C)(C)OC(=O)N1CCC(CNc2nc3ccc(-c4ccc(F)cc4)nc3n(CC3CCOCC3)c2=O)CC1. The van der Waals surface area contributed by atoms with Gasteiger partial charge in [0.1, 0.15) is 16.9 Å². The van der Waals surface area contributed by atoms with Gasteiger partial charge in [0, 0.05) is 45.0 Å².